The molecular weight excluding hydrogens is 252 g/mol. The Bertz CT molecular complexity index is 457. The average molecular weight is 269 g/mol. The molecule has 1 aromatic carbocycles. The molecule has 5 heteroatoms. The first-order valence-electron chi connectivity index (χ1n) is 5.99. The van der Waals surface area contributed by atoms with Gasteiger partial charge in [-0.05, 0) is 37.5 Å². The molecule has 2 N–H and O–H groups in total. The fourth-order valence-corrected chi connectivity index (χ4v) is 2.15. The van der Waals surface area contributed by atoms with E-state index in [9.17, 15) is 4.79 Å². The van der Waals surface area contributed by atoms with Crippen molar-refractivity contribution in [3.05, 3.63) is 28.3 Å². The van der Waals surface area contributed by atoms with Gasteiger partial charge in [-0.15, -0.1) is 0 Å². The summed E-state index contributed by atoms with van der Waals surface area (Å²) >= 11 is 6.05. The Morgan fingerprint density at radius 3 is 2.89 bits per heavy atom. The predicted octanol–water partition coefficient (Wildman–Crippen LogP) is 2.87. The maximum atomic E-state index is 11.9. The lowest BCUT2D eigenvalue weighted by atomic mass is 10.1. The zero-order chi connectivity index (χ0) is 13.1. The van der Waals surface area contributed by atoms with Crippen LogP contribution in [-0.4, -0.2) is 25.3 Å². The van der Waals surface area contributed by atoms with Gasteiger partial charge in [0.25, 0.3) is 0 Å². The molecular formula is C13H17ClN2O2. The molecule has 1 atom stereocenters. The normalized spacial score (nSPS) is 18.7. The third kappa shape index (κ3) is 2.94. The molecule has 98 valence electrons. The molecule has 2 rings (SSSR count). The number of carbonyl (C=O) groups excluding carboxylic acids is 1. The van der Waals surface area contributed by atoms with E-state index >= 15 is 0 Å². The Kier molecular flexibility index (Phi) is 4.09. The minimum atomic E-state index is -0.209. The summed E-state index contributed by atoms with van der Waals surface area (Å²) in [6.45, 7) is 5.13. The first-order chi connectivity index (χ1) is 8.58. The Hall–Kier alpha value is -1.26. The van der Waals surface area contributed by atoms with Crippen LogP contribution in [0.3, 0.4) is 0 Å². The summed E-state index contributed by atoms with van der Waals surface area (Å²) < 4.78 is 5.21. The van der Waals surface area contributed by atoms with Crippen LogP contribution >= 0.6 is 11.6 Å². The predicted molar refractivity (Wildman–Crippen MR) is 72.3 cm³/mol. The Morgan fingerprint density at radius 2 is 2.22 bits per heavy atom. The molecule has 0 spiro atoms. The number of urea groups is 1. The van der Waals surface area contributed by atoms with Gasteiger partial charge in [0.2, 0.25) is 0 Å². The SMILES string of the molecule is Cc1ccc(Cl)c(C)c1NC(=O)N[C@@H]1CCOC1. The molecule has 0 bridgehead atoms. The van der Waals surface area contributed by atoms with Crippen molar-refractivity contribution in [2.45, 2.75) is 26.3 Å². The zero-order valence-electron chi connectivity index (χ0n) is 10.5. The summed E-state index contributed by atoms with van der Waals surface area (Å²) in [5, 5.41) is 6.39. The monoisotopic (exact) mass is 268 g/mol. The van der Waals surface area contributed by atoms with Crippen molar-refractivity contribution in [3.8, 4) is 0 Å². The van der Waals surface area contributed by atoms with Crippen LogP contribution in [0.25, 0.3) is 0 Å². The van der Waals surface area contributed by atoms with Gasteiger partial charge in [0, 0.05) is 17.3 Å². The molecule has 1 fully saturated rings. The summed E-state index contributed by atoms with van der Waals surface area (Å²) in [4.78, 5) is 11.9. The molecule has 0 radical (unpaired) electrons. The number of ether oxygens (including phenoxy) is 1. The second-order valence-electron chi connectivity index (χ2n) is 4.52. The molecule has 18 heavy (non-hydrogen) atoms. The van der Waals surface area contributed by atoms with Crippen LogP contribution in [0.5, 0.6) is 0 Å². The van der Waals surface area contributed by atoms with Gasteiger partial charge in [0.15, 0.2) is 0 Å². The van der Waals surface area contributed by atoms with Gasteiger partial charge < -0.3 is 15.4 Å². The highest BCUT2D eigenvalue weighted by molar-refractivity contribution is 6.31. The van der Waals surface area contributed by atoms with E-state index in [0.29, 0.717) is 18.2 Å². The van der Waals surface area contributed by atoms with Crippen molar-refractivity contribution in [1.82, 2.24) is 5.32 Å². The number of hydrogen-bond donors (Lipinski definition) is 2. The van der Waals surface area contributed by atoms with E-state index in [1.54, 1.807) is 0 Å². The summed E-state index contributed by atoms with van der Waals surface area (Å²) in [6, 6.07) is 3.62. The van der Waals surface area contributed by atoms with E-state index in [2.05, 4.69) is 10.6 Å². The van der Waals surface area contributed by atoms with Crippen molar-refractivity contribution in [3.63, 3.8) is 0 Å². The summed E-state index contributed by atoms with van der Waals surface area (Å²) in [5.41, 5.74) is 2.66. The van der Waals surface area contributed by atoms with Crippen LogP contribution in [-0.2, 0) is 4.74 Å². The largest absolute Gasteiger partial charge is 0.379 e. The van der Waals surface area contributed by atoms with E-state index in [1.165, 1.54) is 0 Å². The Balaban J connectivity index is 2.04. The first kappa shape index (κ1) is 13.2. The molecule has 0 aromatic heterocycles. The molecule has 1 aliphatic heterocycles. The summed E-state index contributed by atoms with van der Waals surface area (Å²) in [7, 11) is 0. The van der Waals surface area contributed by atoms with Crippen LogP contribution < -0.4 is 10.6 Å². The lowest BCUT2D eigenvalue weighted by Gasteiger charge is -2.15. The Labute approximate surface area is 112 Å². The average Bonchev–Trinajstić information content (AvgIpc) is 2.82. The van der Waals surface area contributed by atoms with Crippen molar-refractivity contribution in [2.24, 2.45) is 0 Å². The van der Waals surface area contributed by atoms with E-state index in [4.69, 9.17) is 16.3 Å². The number of carbonyl (C=O) groups is 1. The van der Waals surface area contributed by atoms with Gasteiger partial charge >= 0.3 is 6.03 Å². The van der Waals surface area contributed by atoms with E-state index in [1.807, 2.05) is 26.0 Å². The Morgan fingerprint density at radius 1 is 1.44 bits per heavy atom. The second kappa shape index (κ2) is 5.59. The fourth-order valence-electron chi connectivity index (χ4n) is 2.00. The van der Waals surface area contributed by atoms with Crippen molar-refractivity contribution in [1.29, 1.82) is 0 Å². The molecule has 1 heterocycles. The maximum Gasteiger partial charge on any atom is 0.319 e. The molecule has 1 aliphatic rings. The van der Waals surface area contributed by atoms with Crippen LogP contribution in [0.4, 0.5) is 10.5 Å². The smallest absolute Gasteiger partial charge is 0.319 e. The third-order valence-electron chi connectivity index (χ3n) is 3.11. The van der Waals surface area contributed by atoms with Gasteiger partial charge in [-0.3, -0.25) is 0 Å². The standard InChI is InChI=1S/C13H17ClN2O2/c1-8-3-4-11(14)9(2)12(8)16-13(17)15-10-5-6-18-7-10/h3-4,10H,5-7H2,1-2H3,(H2,15,16,17)/t10-/m1/s1. The van der Waals surface area contributed by atoms with E-state index < -0.39 is 0 Å². The molecule has 2 amide bonds. The number of amides is 2. The first-order valence-corrected chi connectivity index (χ1v) is 6.36. The number of rotatable bonds is 2. The lowest BCUT2D eigenvalue weighted by molar-refractivity contribution is 0.189. The minimum absolute atomic E-state index is 0.102. The van der Waals surface area contributed by atoms with Gasteiger partial charge in [-0.1, -0.05) is 17.7 Å². The maximum absolute atomic E-state index is 11.9. The topological polar surface area (TPSA) is 50.4 Å². The van der Waals surface area contributed by atoms with Crippen LogP contribution in [0, 0.1) is 13.8 Å². The molecule has 0 aliphatic carbocycles. The molecule has 1 aromatic rings. The second-order valence-corrected chi connectivity index (χ2v) is 4.93. The number of halogens is 1. The van der Waals surface area contributed by atoms with Crippen molar-refractivity contribution < 1.29 is 9.53 Å². The number of hydrogen-bond acceptors (Lipinski definition) is 2. The third-order valence-corrected chi connectivity index (χ3v) is 3.52. The van der Waals surface area contributed by atoms with Gasteiger partial charge in [0.05, 0.1) is 12.6 Å². The molecule has 4 nitrogen and oxygen atoms in total. The number of anilines is 1. The van der Waals surface area contributed by atoms with Gasteiger partial charge in [-0.2, -0.15) is 0 Å². The zero-order valence-corrected chi connectivity index (χ0v) is 11.3. The highest BCUT2D eigenvalue weighted by atomic mass is 35.5. The van der Waals surface area contributed by atoms with Crippen LogP contribution in [0.15, 0.2) is 12.1 Å². The van der Waals surface area contributed by atoms with Gasteiger partial charge in [-0.25, -0.2) is 4.79 Å². The van der Waals surface area contributed by atoms with E-state index in [-0.39, 0.29) is 12.1 Å². The lowest BCUT2D eigenvalue weighted by Crippen LogP contribution is -2.38. The highest BCUT2D eigenvalue weighted by Gasteiger charge is 2.18. The van der Waals surface area contributed by atoms with Crippen LogP contribution in [0.1, 0.15) is 17.5 Å². The highest BCUT2D eigenvalue weighted by Crippen LogP contribution is 2.26. The number of nitrogens with one attached hydrogen (secondary N) is 2. The molecule has 1 saturated heterocycles. The van der Waals surface area contributed by atoms with Crippen molar-refractivity contribution >= 4 is 23.3 Å². The fraction of sp³-hybridized carbons (Fsp3) is 0.462. The van der Waals surface area contributed by atoms with Crippen molar-refractivity contribution in [2.75, 3.05) is 18.5 Å². The minimum Gasteiger partial charge on any atom is -0.379 e. The molecule has 0 saturated carbocycles. The molecule has 0 unspecified atom stereocenters. The summed E-state index contributed by atoms with van der Waals surface area (Å²) in [5.74, 6) is 0. The number of aryl methyl sites for hydroxylation is 1. The quantitative estimate of drug-likeness (QED) is 0.867. The summed E-state index contributed by atoms with van der Waals surface area (Å²) in [6.07, 6.45) is 0.862. The van der Waals surface area contributed by atoms with E-state index in [0.717, 1.165) is 23.2 Å². The van der Waals surface area contributed by atoms with Crippen LogP contribution in [0.2, 0.25) is 5.02 Å². The van der Waals surface area contributed by atoms with Gasteiger partial charge in [0.1, 0.15) is 0 Å². The number of benzene rings is 1.